The van der Waals surface area contributed by atoms with Gasteiger partial charge >= 0.3 is 0 Å². The Morgan fingerprint density at radius 2 is 2.42 bits per heavy atom. The maximum absolute atomic E-state index is 4.32. The SMILES string of the molecule is CCNCc1ccnc(SC)n1. The summed E-state index contributed by atoms with van der Waals surface area (Å²) in [6.45, 7) is 3.88. The molecule has 1 N–H and O–H groups in total. The van der Waals surface area contributed by atoms with Crippen LogP contribution >= 0.6 is 11.8 Å². The van der Waals surface area contributed by atoms with Crippen molar-refractivity contribution in [2.75, 3.05) is 12.8 Å². The molecule has 0 aliphatic heterocycles. The summed E-state index contributed by atoms with van der Waals surface area (Å²) in [7, 11) is 0. The van der Waals surface area contributed by atoms with Crippen LogP contribution in [0, 0.1) is 0 Å². The minimum Gasteiger partial charge on any atom is -0.311 e. The zero-order chi connectivity index (χ0) is 8.81. The topological polar surface area (TPSA) is 37.8 Å². The van der Waals surface area contributed by atoms with Gasteiger partial charge in [-0.05, 0) is 18.9 Å². The van der Waals surface area contributed by atoms with Gasteiger partial charge in [0.1, 0.15) is 0 Å². The van der Waals surface area contributed by atoms with Crippen LogP contribution in [0.3, 0.4) is 0 Å². The van der Waals surface area contributed by atoms with Crippen LogP contribution in [0.2, 0.25) is 0 Å². The van der Waals surface area contributed by atoms with Crippen LogP contribution < -0.4 is 5.32 Å². The highest BCUT2D eigenvalue weighted by atomic mass is 32.2. The van der Waals surface area contributed by atoms with Crippen molar-refractivity contribution in [3.8, 4) is 0 Å². The summed E-state index contributed by atoms with van der Waals surface area (Å²) in [5.41, 5.74) is 1.05. The fourth-order valence-electron chi connectivity index (χ4n) is 0.826. The number of thioether (sulfide) groups is 1. The van der Waals surface area contributed by atoms with E-state index in [1.807, 2.05) is 12.3 Å². The van der Waals surface area contributed by atoms with E-state index in [1.54, 1.807) is 18.0 Å². The zero-order valence-corrected chi connectivity index (χ0v) is 8.19. The van der Waals surface area contributed by atoms with Crippen LogP contribution in [-0.4, -0.2) is 22.8 Å². The summed E-state index contributed by atoms with van der Waals surface area (Å²) in [5.74, 6) is 0. The maximum atomic E-state index is 4.32. The quantitative estimate of drug-likeness (QED) is 0.564. The van der Waals surface area contributed by atoms with Crippen molar-refractivity contribution in [2.24, 2.45) is 0 Å². The van der Waals surface area contributed by atoms with Crippen LogP contribution in [0.25, 0.3) is 0 Å². The lowest BCUT2D eigenvalue weighted by atomic mass is 10.4. The van der Waals surface area contributed by atoms with Crippen molar-refractivity contribution in [1.29, 1.82) is 0 Å². The molecule has 0 atom stereocenters. The molecule has 1 heterocycles. The third-order valence-corrected chi connectivity index (χ3v) is 1.99. The molecule has 0 radical (unpaired) electrons. The van der Waals surface area contributed by atoms with Gasteiger partial charge in [0, 0.05) is 12.7 Å². The van der Waals surface area contributed by atoms with Gasteiger partial charge < -0.3 is 5.32 Å². The fourth-order valence-corrected chi connectivity index (χ4v) is 1.20. The Balaban J connectivity index is 2.60. The first-order valence-corrected chi connectivity index (χ1v) is 5.16. The summed E-state index contributed by atoms with van der Waals surface area (Å²) in [5, 5.41) is 4.05. The van der Waals surface area contributed by atoms with E-state index in [0.717, 1.165) is 23.9 Å². The van der Waals surface area contributed by atoms with Crippen LogP contribution in [0.4, 0.5) is 0 Å². The molecule has 0 aliphatic carbocycles. The van der Waals surface area contributed by atoms with Crippen molar-refractivity contribution in [3.63, 3.8) is 0 Å². The van der Waals surface area contributed by atoms with Gasteiger partial charge in [-0.1, -0.05) is 18.7 Å². The summed E-state index contributed by atoms with van der Waals surface area (Å²) in [6, 6.07) is 1.93. The lowest BCUT2D eigenvalue weighted by Crippen LogP contribution is -2.13. The zero-order valence-electron chi connectivity index (χ0n) is 7.37. The second kappa shape index (κ2) is 5.11. The highest BCUT2D eigenvalue weighted by Crippen LogP contribution is 2.06. The summed E-state index contributed by atoms with van der Waals surface area (Å²) >= 11 is 1.57. The normalized spacial score (nSPS) is 10.2. The highest BCUT2D eigenvalue weighted by molar-refractivity contribution is 7.98. The van der Waals surface area contributed by atoms with Crippen LogP contribution in [0.5, 0.6) is 0 Å². The summed E-state index contributed by atoms with van der Waals surface area (Å²) < 4.78 is 0. The van der Waals surface area contributed by atoms with Gasteiger partial charge in [-0.3, -0.25) is 0 Å². The van der Waals surface area contributed by atoms with Crippen molar-refractivity contribution < 1.29 is 0 Å². The minimum atomic E-state index is 0.826. The first-order valence-electron chi connectivity index (χ1n) is 3.93. The molecule has 0 unspecified atom stereocenters. The van der Waals surface area contributed by atoms with E-state index < -0.39 is 0 Å². The molecule has 12 heavy (non-hydrogen) atoms. The van der Waals surface area contributed by atoms with E-state index in [0.29, 0.717) is 0 Å². The van der Waals surface area contributed by atoms with E-state index in [4.69, 9.17) is 0 Å². The van der Waals surface area contributed by atoms with Gasteiger partial charge in [-0.25, -0.2) is 9.97 Å². The van der Waals surface area contributed by atoms with E-state index in [-0.39, 0.29) is 0 Å². The van der Waals surface area contributed by atoms with Crippen molar-refractivity contribution in [2.45, 2.75) is 18.6 Å². The molecule has 4 heteroatoms. The number of rotatable bonds is 4. The maximum Gasteiger partial charge on any atom is 0.187 e. The molecule has 0 amide bonds. The van der Waals surface area contributed by atoms with E-state index in [9.17, 15) is 0 Å². The average Bonchev–Trinajstić information content (AvgIpc) is 2.15. The smallest absolute Gasteiger partial charge is 0.187 e. The van der Waals surface area contributed by atoms with Crippen molar-refractivity contribution in [1.82, 2.24) is 15.3 Å². The van der Waals surface area contributed by atoms with Gasteiger partial charge in [-0.15, -0.1) is 0 Å². The van der Waals surface area contributed by atoms with Gasteiger partial charge in [0.15, 0.2) is 5.16 Å². The molecule has 66 valence electrons. The molecule has 0 saturated heterocycles. The summed E-state index contributed by atoms with van der Waals surface area (Å²) in [4.78, 5) is 8.41. The average molecular weight is 183 g/mol. The Labute approximate surface area is 77.0 Å². The second-order valence-electron chi connectivity index (χ2n) is 2.32. The Morgan fingerprint density at radius 3 is 3.08 bits per heavy atom. The Kier molecular flexibility index (Phi) is 4.04. The minimum absolute atomic E-state index is 0.826. The Hall–Kier alpha value is -0.610. The number of aromatic nitrogens is 2. The van der Waals surface area contributed by atoms with E-state index in [1.165, 1.54) is 0 Å². The van der Waals surface area contributed by atoms with E-state index >= 15 is 0 Å². The lowest BCUT2D eigenvalue weighted by molar-refractivity contribution is 0.697. The Bertz CT molecular complexity index is 239. The molecule has 0 aromatic carbocycles. The highest BCUT2D eigenvalue weighted by Gasteiger charge is 1.95. The lowest BCUT2D eigenvalue weighted by Gasteiger charge is -2.01. The monoisotopic (exact) mass is 183 g/mol. The molecule has 1 rings (SSSR count). The standard InChI is InChI=1S/C8H13N3S/c1-3-9-6-7-4-5-10-8(11-7)12-2/h4-5,9H,3,6H2,1-2H3. The summed E-state index contributed by atoms with van der Waals surface area (Å²) in [6.07, 6.45) is 3.78. The fraction of sp³-hybridized carbons (Fsp3) is 0.500. The Morgan fingerprint density at radius 1 is 1.58 bits per heavy atom. The second-order valence-corrected chi connectivity index (χ2v) is 3.09. The molecule has 1 aromatic heterocycles. The van der Waals surface area contributed by atoms with Gasteiger partial charge in [0.25, 0.3) is 0 Å². The van der Waals surface area contributed by atoms with Gasteiger partial charge in [0.2, 0.25) is 0 Å². The predicted octanol–water partition coefficient (Wildman–Crippen LogP) is 1.31. The first-order chi connectivity index (χ1) is 5.86. The third-order valence-electron chi connectivity index (χ3n) is 1.43. The molecule has 0 saturated carbocycles. The van der Waals surface area contributed by atoms with Crippen LogP contribution in [-0.2, 0) is 6.54 Å². The molecular weight excluding hydrogens is 170 g/mol. The predicted molar refractivity (Wildman–Crippen MR) is 51.2 cm³/mol. The largest absolute Gasteiger partial charge is 0.311 e. The van der Waals surface area contributed by atoms with Crippen LogP contribution in [0.1, 0.15) is 12.6 Å². The molecular formula is C8H13N3S. The molecule has 0 fully saturated rings. The number of nitrogens with zero attached hydrogens (tertiary/aromatic N) is 2. The van der Waals surface area contributed by atoms with Crippen LogP contribution in [0.15, 0.2) is 17.4 Å². The van der Waals surface area contributed by atoms with Crippen molar-refractivity contribution in [3.05, 3.63) is 18.0 Å². The van der Waals surface area contributed by atoms with E-state index in [2.05, 4.69) is 22.2 Å². The third kappa shape index (κ3) is 2.79. The number of nitrogens with one attached hydrogen (secondary N) is 1. The molecule has 0 aliphatic rings. The number of hydrogen-bond donors (Lipinski definition) is 1. The van der Waals surface area contributed by atoms with Gasteiger partial charge in [-0.2, -0.15) is 0 Å². The molecule has 1 aromatic rings. The first kappa shape index (κ1) is 9.48. The molecule has 0 spiro atoms. The molecule has 0 bridgehead atoms. The van der Waals surface area contributed by atoms with Crippen molar-refractivity contribution >= 4 is 11.8 Å². The van der Waals surface area contributed by atoms with Gasteiger partial charge in [0.05, 0.1) is 5.69 Å². The molecule has 3 nitrogen and oxygen atoms in total. The number of hydrogen-bond acceptors (Lipinski definition) is 4.